The molecule has 0 aromatic carbocycles. The summed E-state index contributed by atoms with van der Waals surface area (Å²) in [6, 6.07) is 4.55. The zero-order valence-electron chi connectivity index (χ0n) is 10.8. The normalized spacial score (nSPS) is 30.4. The predicted octanol–water partition coefficient (Wildman–Crippen LogP) is 1.70. The maximum Gasteiger partial charge on any atom is 0.237 e. The fraction of sp³-hybridized carbons (Fsp3) is 0.571. The summed E-state index contributed by atoms with van der Waals surface area (Å²) in [5, 5.41) is 3.94. The van der Waals surface area contributed by atoms with Crippen LogP contribution in [-0.2, 0) is 4.79 Å². The number of nitrogens with two attached hydrogens (primary N) is 1. The van der Waals surface area contributed by atoms with Gasteiger partial charge in [-0.3, -0.25) is 9.78 Å². The van der Waals surface area contributed by atoms with Crippen molar-refractivity contribution >= 4 is 17.7 Å². The summed E-state index contributed by atoms with van der Waals surface area (Å²) in [6.45, 7) is 0. The number of aromatic nitrogens is 1. The van der Waals surface area contributed by atoms with Crippen LogP contribution in [0, 0.1) is 0 Å². The molecule has 2 unspecified atom stereocenters. The fourth-order valence-corrected chi connectivity index (χ4v) is 4.02. The summed E-state index contributed by atoms with van der Waals surface area (Å²) >= 11 is 1.83. The molecule has 0 saturated heterocycles. The van der Waals surface area contributed by atoms with E-state index < -0.39 is 5.54 Å². The van der Waals surface area contributed by atoms with Crippen molar-refractivity contribution < 1.29 is 4.79 Å². The van der Waals surface area contributed by atoms with Gasteiger partial charge in [-0.25, -0.2) is 0 Å². The highest BCUT2D eigenvalue weighted by atomic mass is 32.2. The van der Waals surface area contributed by atoms with Crippen LogP contribution in [0.5, 0.6) is 0 Å². The van der Waals surface area contributed by atoms with Crippen LogP contribution in [0.15, 0.2) is 29.4 Å². The zero-order valence-corrected chi connectivity index (χ0v) is 11.7. The third kappa shape index (κ3) is 2.92. The van der Waals surface area contributed by atoms with E-state index in [-0.39, 0.29) is 5.91 Å². The third-order valence-electron chi connectivity index (χ3n) is 3.95. The Balaban J connectivity index is 1.65. The van der Waals surface area contributed by atoms with E-state index in [1.54, 1.807) is 12.4 Å². The number of thioether (sulfide) groups is 1. The Morgan fingerprint density at radius 1 is 1.37 bits per heavy atom. The highest BCUT2D eigenvalue weighted by Gasteiger charge is 2.46. The molecule has 3 rings (SSSR count). The molecule has 102 valence electrons. The van der Waals surface area contributed by atoms with Gasteiger partial charge in [-0.1, -0.05) is 0 Å². The number of nitrogens with zero attached hydrogens (tertiary/aromatic N) is 1. The second-order valence-corrected chi connectivity index (χ2v) is 6.90. The molecule has 1 aromatic heterocycles. The third-order valence-corrected chi connectivity index (χ3v) is 5.23. The Morgan fingerprint density at radius 3 is 2.74 bits per heavy atom. The average molecular weight is 277 g/mol. The molecule has 4 nitrogen and oxygen atoms in total. The lowest BCUT2D eigenvalue weighted by Gasteiger charge is -2.27. The number of carbonyl (C=O) groups is 1. The summed E-state index contributed by atoms with van der Waals surface area (Å²) in [4.78, 5) is 17.1. The summed E-state index contributed by atoms with van der Waals surface area (Å²) < 4.78 is 0. The van der Waals surface area contributed by atoms with Crippen LogP contribution >= 0.6 is 11.8 Å². The molecular weight excluding hydrogens is 258 g/mol. The average Bonchev–Trinajstić information content (AvgIpc) is 3.11. The van der Waals surface area contributed by atoms with Crippen LogP contribution in [0.1, 0.15) is 32.1 Å². The second kappa shape index (κ2) is 5.13. The van der Waals surface area contributed by atoms with Gasteiger partial charge in [-0.15, -0.1) is 11.8 Å². The van der Waals surface area contributed by atoms with E-state index in [1.807, 2.05) is 23.9 Å². The van der Waals surface area contributed by atoms with Crippen molar-refractivity contribution in [2.24, 2.45) is 5.73 Å². The van der Waals surface area contributed by atoms with E-state index in [0.29, 0.717) is 11.3 Å². The van der Waals surface area contributed by atoms with E-state index in [4.69, 9.17) is 5.73 Å². The molecule has 0 spiro atoms. The van der Waals surface area contributed by atoms with Crippen LogP contribution in [-0.4, -0.2) is 27.7 Å². The molecule has 5 heteroatoms. The molecule has 1 amide bonds. The smallest absolute Gasteiger partial charge is 0.237 e. The first-order valence-electron chi connectivity index (χ1n) is 6.82. The van der Waals surface area contributed by atoms with Gasteiger partial charge in [0.2, 0.25) is 5.91 Å². The first kappa shape index (κ1) is 12.9. The lowest BCUT2D eigenvalue weighted by atomic mass is 9.96. The van der Waals surface area contributed by atoms with Crippen LogP contribution in [0.4, 0.5) is 0 Å². The SMILES string of the molecule is NC(=O)C1(NC2CC2)CCC(Sc2ccncc2)C1. The maximum absolute atomic E-state index is 11.8. The number of hydrogen-bond acceptors (Lipinski definition) is 4. The largest absolute Gasteiger partial charge is 0.368 e. The predicted molar refractivity (Wildman–Crippen MR) is 75.8 cm³/mol. The van der Waals surface area contributed by atoms with Crippen LogP contribution in [0.3, 0.4) is 0 Å². The van der Waals surface area contributed by atoms with Gasteiger partial charge in [0.05, 0.1) is 5.54 Å². The van der Waals surface area contributed by atoms with Crippen molar-refractivity contribution in [1.29, 1.82) is 0 Å². The van der Waals surface area contributed by atoms with Crippen molar-refractivity contribution in [3.05, 3.63) is 24.5 Å². The fourth-order valence-electron chi connectivity index (χ4n) is 2.75. The lowest BCUT2D eigenvalue weighted by molar-refractivity contribution is -0.124. The molecule has 1 aromatic rings. The number of primary amides is 1. The van der Waals surface area contributed by atoms with E-state index >= 15 is 0 Å². The Morgan fingerprint density at radius 2 is 2.11 bits per heavy atom. The zero-order chi connectivity index (χ0) is 13.3. The number of amides is 1. The van der Waals surface area contributed by atoms with Gasteiger partial charge in [-0.2, -0.15) is 0 Å². The van der Waals surface area contributed by atoms with E-state index in [9.17, 15) is 4.79 Å². The van der Waals surface area contributed by atoms with Gasteiger partial charge in [0.1, 0.15) is 0 Å². The lowest BCUT2D eigenvalue weighted by Crippen LogP contribution is -2.54. The molecule has 0 radical (unpaired) electrons. The Hall–Kier alpha value is -1.07. The first-order valence-corrected chi connectivity index (χ1v) is 7.70. The van der Waals surface area contributed by atoms with E-state index in [1.165, 1.54) is 17.7 Å². The van der Waals surface area contributed by atoms with Crippen molar-refractivity contribution in [3.63, 3.8) is 0 Å². The number of rotatable bonds is 5. The molecule has 2 aliphatic carbocycles. The van der Waals surface area contributed by atoms with Gasteiger partial charge >= 0.3 is 0 Å². The number of hydrogen-bond donors (Lipinski definition) is 2. The molecule has 0 aliphatic heterocycles. The minimum absolute atomic E-state index is 0.183. The van der Waals surface area contributed by atoms with E-state index in [0.717, 1.165) is 19.3 Å². The highest BCUT2D eigenvalue weighted by Crippen LogP contribution is 2.41. The molecule has 2 atom stereocenters. The topological polar surface area (TPSA) is 68.0 Å². The second-order valence-electron chi connectivity index (χ2n) is 5.53. The molecule has 1 heterocycles. The summed E-state index contributed by atoms with van der Waals surface area (Å²) in [7, 11) is 0. The van der Waals surface area contributed by atoms with Gasteiger partial charge in [0.25, 0.3) is 0 Å². The van der Waals surface area contributed by atoms with Gasteiger partial charge < -0.3 is 11.1 Å². The number of nitrogens with one attached hydrogen (secondary N) is 1. The Bertz CT molecular complexity index is 463. The van der Waals surface area contributed by atoms with E-state index in [2.05, 4.69) is 10.3 Å². The number of carbonyl (C=O) groups excluding carboxylic acids is 1. The molecular formula is C14H19N3OS. The maximum atomic E-state index is 11.8. The summed E-state index contributed by atoms with van der Waals surface area (Å²) in [6.07, 6.45) is 8.71. The highest BCUT2D eigenvalue weighted by molar-refractivity contribution is 8.00. The monoisotopic (exact) mass is 277 g/mol. The van der Waals surface area contributed by atoms with Gasteiger partial charge in [0.15, 0.2) is 0 Å². The van der Waals surface area contributed by atoms with Crippen molar-refractivity contribution in [2.75, 3.05) is 0 Å². The van der Waals surface area contributed by atoms with Crippen LogP contribution in [0.25, 0.3) is 0 Å². The molecule has 3 N–H and O–H groups in total. The Kier molecular flexibility index (Phi) is 3.50. The standard InChI is InChI=1S/C14H19N3OS/c15-13(18)14(17-10-1-2-10)6-3-12(9-14)19-11-4-7-16-8-5-11/h4-5,7-8,10,12,17H,1-3,6,9H2,(H2,15,18). The van der Waals surface area contributed by atoms with Gasteiger partial charge in [-0.05, 0) is 44.2 Å². The van der Waals surface area contributed by atoms with Gasteiger partial charge in [0, 0.05) is 28.6 Å². The first-order chi connectivity index (χ1) is 9.18. The Labute approximate surface area is 117 Å². The van der Waals surface area contributed by atoms with Crippen LogP contribution < -0.4 is 11.1 Å². The molecule has 2 aliphatic rings. The van der Waals surface area contributed by atoms with Crippen LogP contribution in [0.2, 0.25) is 0 Å². The summed E-state index contributed by atoms with van der Waals surface area (Å²) in [5.74, 6) is -0.183. The molecule has 2 fully saturated rings. The van der Waals surface area contributed by atoms with Crippen molar-refractivity contribution in [2.45, 2.75) is 53.8 Å². The molecule has 2 saturated carbocycles. The van der Waals surface area contributed by atoms with Crippen molar-refractivity contribution in [3.8, 4) is 0 Å². The minimum atomic E-state index is -0.466. The molecule has 0 bridgehead atoms. The number of pyridine rings is 1. The summed E-state index contributed by atoms with van der Waals surface area (Å²) in [5.41, 5.74) is 5.18. The van der Waals surface area contributed by atoms with Crippen molar-refractivity contribution in [1.82, 2.24) is 10.3 Å². The quantitative estimate of drug-likeness (QED) is 0.859. The minimum Gasteiger partial charge on any atom is -0.368 e. The molecule has 19 heavy (non-hydrogen) atoms.